The zero-order valence-electron chi connectivity index (χ0n) is 8.69. The molecule has 0 atom stereocenters. The summed E-state index contributed by atoms with van der Waals surface area (Å²) in [5.74, 6) is -0.285. The molecule has 78 valence electrons. The number of nitrogens with zero attached hydrogens (tertiary/aromatic N) is 1. The van der Waals surface area contributed by atoms with E-state index in [2.05, 4.69) is 4.99 Å². The molecule has 1 aliphatic heterocycles. The van der Waals surface area contributed by atoms with Crippen LogP contribution in [0.15, 0.2) is 29.3 Å². The highest BCUT2D eigenvalue weighted by Gasteiger charge is 2.18. The first kappa shape index (κ1) is 9.90. The lowest BCUT2D eigenvalue weighted by Gasteiger charge is -2.13. The molecule has 3 heteroatoms. The van der Waals surface area contributed by atoms with Crippen LogP contribution in [-0.2, 0) is 16.0 Å². The third-order valence-corrected chi connectivity index (χ3v) is 2.39. The van der Waals surface area contributed by atoms with Crippen LogP contribution in [0.25, 0.3) is 0 Å². The number of carbonyl (C=O) groups excluding carboxylic acids is 1. The van der Waals surface area contributed by atoms with Gasteiger partial charge >= 0.3 is 5.97 Å². The lowest BCUT2D eigenvalue weighted by Crippen LogP contribution is -2.20. The Labute approximate surface area is 88.8 Å². The number of fused-ring (bicyclic) bond motifs is 1. The standard InChI is InChI=1S/C12H13NO2/c1-2-15-12(14)11-8-7-9-5-3-4-6-10(9)13-11/h3-6H,2,7-8H2,1H3. The van der Waals surface area contributed by atoms with Gasteiger partial charge in [0.2, 0.25) is 0 Å². The lowest BCUT2D eigenvalue weighted by atomic mass is 10.0. The number of aryl methyl sites for hydroxylation is 1. The van der Waals surface area contributed by atoms with E-state index in [1.807, 2.05) is 24.3 Å². The van der Waals surface area contributed by atoms with Gasteiger partial charge in [0.25, 0.3) is 0 Å². The molecule has 1 aromatic carbocycles. The topological polar surface area (TPSA) is 38.7 Å². The van der Waals surface area contributed by atoms with Gasteiger partial charge in [-0.15, -0.1) is 0 Å². The maximum absolute atomic E-state index is 11.5. The molecule has 1 heterocycles. The Morgan fingerprint density at radius 3 is 3.00 bits per heavy atom. The highest BCUT2D eigenvalue weighted by Crippen LogP contribution is 2.25. The number of para-hydroxylation sites is 1. The fourth-order valence-corrected chi connectivity index (χ4v) is 1.65. The van der Waals surface area contributed by atoms with Crippen LogP contribution in [0.3, 0.4) is 0 Å². The minimum atomic E-state index is -0.285. The Morgan fingerprint density at radius 2 is 2.20 bits per heavy atom. The number of carbonyl (C=O) groups is 1. The highest BCUT2D eigenvalue weighted by molar-refractivity contribution is 6.37. The molecule has 0 bridgehead atoms. The Morgan fingerprint density at radius 1 is 1.40 bits per heavy atom. The summed E-state index contributed by atoms with van der Waals surface area (Å²) in [6.45, 7) is 2.20. The molecule has 3 nitrogen and oxygen atoms in total. The molecular weight excluding hydrogens is 190 g/mol. The van der Waals surface area contributed by atoms with Crippen LogP contribution in [0.4, 0.5) is 5.69 Å². The first-order valence-corrected chi connectivity index (χ1v) is 5.14. The lowest BCUT2D eigenvalue weighted by molar-refractivity contribution is -0.135. The molecule has 0 fully saturated rings. The van der Waals surface area contributed by atoms with Gasteiger partial charge in [-0.2, -0.15) is 0 Å². The van der Waals surface area contributed by atoms with Gasteiger partial charge in [0, 0.05) is 6.42 Å². The van der Waals surface area contributed by atoms with E-state index in [1.54, 1.807) is 6.92 Å². The van der Waals surface area contributed by atoms with Crippen molar-refractivity contribution in [2.24, 2.45) is 4.99 Å². The third kappa shape index (κ3) is 2.06. The number of ether oxygens (including phenoxy) is 1. The molecule has 0 aromatic heterocycles. The maximum atomic E-state index is 11.5. The van der Waals surface area contributed by atoms with Crippen LogP contribution in [0.1, 0.15) is 18.9 Å². The van der Waals surface area contributed by atoms with E-state index in [9.17, 15) is 4.79 Å². The van der Waals surface area contributed by atoms with Crippen LogP contribution >= 0.6 is 0 Å². The fourth-order valence-electron chi connectivity index (χ4n) is 1.65. The predicted octanol–water partition coefficient (Wildman–Crippen LogP) is 2.27. The van der Waals surface area contributed by atoms with Crippen molar-refractivity contribution in [3.05, 3.63) is 29.8 Å². The second-order valence-electron chi connectivity index (χ2n) is 3.41. The second kappa shape index (κ2) is 4.26. The number of esters is 1. The highest BCUT2D eigenvalue weighted by atomic mass is 16.5. The number of benzene rings is 1. The van der Waals surface area contributed by atoms with Gasteiger partial charge < -0.3 is 4.74 Å². The summed E-state index contributed by atoms with van der Waals surface area (Å²) in [5, 5.41) is 0. The first-order valence-electron chi connectivity index (χ1n) is 5.14. The third-order valence-electron chi connectivity index (χ3n) is 2.39. The Hall–Kier alpha value is -1.64. The van der Waals surface area contributed by atoms with Crippen molar-refractivity contribution in [3.8, 4) is 0 Å². The van der Waals surface area contributed by atoms with E-state index in [1.165, 1.54) is 5.56 Å². The monoisotopic (exact) mass is 203 g/mol. The van der Waals surface area contributed by atoms with Crippen LogP contribution in [0.2, 0.25) is 0 Å². The molecular formula is C12H13NO2. The first-order chi connectivity index (χ1) is 7.31. The molecule has 0 radical (unpaired) electrons. The Kier molecular flexibility index (Phi) is 2.81. The summed E-state index contributed by atoms with van der Waals surface area (Å²) < 4.78 is 4.93. The van der Waals surface area contributed by atoms with Gasteiger partial charge in [-0.25, -0.2) is 9.79 Å². The molecule has 0 saturated heterocycles. The number of hydrogen-bond acceptors (Lipinski definition) is 3. The summed E-state index contributed by atoms with van der Waals surface area (Å²) >= 11 is 0. The van der Waals surface area contributed by atoms with E-state index in [-0.39, 0.29) is 5.97 Å². The van der Waals surface area contributed by atoms with Crippen molar-refractivity contribution < 1.29 is 9.53 Å². The van der Waals surface area contributed by atoms with Gasteiger partial charge in [-0.1, -0.05) is 18.2 Å². The number of aliphatic imine (C=N–C) groups is 1. The van der Waals surface area contributed by atoms with Crippen molar-refractivity contribution in [2.45, 2.75) is 19.8 Å². The smallest absolute Gasteiger partial charge is 0.352 e. The molecule has 0 unspecified atom stereocenters. The number of rotatable bonds is 2. The molecule has 1 aromatic rings. The van der Waals surface area contributed by atoms with E-state index >= 15 is 0 Å². The van der Waals surface area contributed by atoms with Crippen molar-refractivity contribution in [2.75, 3.05) is 6.61 Å². The molecule has 0 saturated carbocycles. The Bertz CT molecular complexity index is 410. The van der Waals surface area contributed by atoms with E-state index in [4.69, 9.17) is 4.74 Å². The van der Waals surface area contributed by atoms with Crippen molar-refractivity contribution >= 4 is 17.4 Å². The second-order valence-corrected chi connectivity index (χ2v) is 3.41. The van der Waals surface area contributed by atoms with Gasteiger partial charge in [-0.05, 0) is 25.0 Å². The van der Waals surface area contributed by atoms with Crippen LogP contribution in [0.5, 0.6) is 0 Å². The summed E-state index contributed by atoms with van der Waals surface area (Å²) in [5.41, 5.74) is 2.63. The van der Waals surface area contributed by atoms with E-state index < -0.39 is 0 Å². The van der Waals surface area contributed by atoms with Crippen molar-refractivity contribution in [1.82, 2.24) is 0 Å². The zero-order valence-corrected chi connectivity index (χ0v) is 8.69. The SMILES string of the molecule is CCOC(=O)C1=Nc2ccccc2CC1. The predicted molar refractivity (Wildman–Crippen MR) is 58.5 cm³/mol. The molecule has 0 amide bonds. The minimum Gasteiger partial charge on any atom is -0.462 e. The average molecular weight is 203 g/mol. The van der Waals surface area contributed by atoms with Crippen LogP contribution in [0, 0.1) is 0 Å². The van der Waals surface area contributed by atoms with Gasteiger partial charge in [-0.3, -0.25) is 0 Å². The van der Waals surface area contributed by atoms with Gasteiger partial charge in [0.1, 0.15) is 5.71 Å². The van der Waals surface area contributed by atoms with Crippen molar-refractivity contribution in [3.63, 3.8) is 0 Å². The van der Waals surface area contributed by atoms with E-state index in [0.717, 1.165) is 12.1 Å². The largest absolute Gasteiger partial charge is 0.462 e. The summed E-state index contributed by atoms with van der Waals surface area (Å²) in [6.07, 6.45) is 1.55. The minimum absolute atomic E-state index is 0.285. The van der Waals surface area contributed by atoms with Crippen molar-refractivity contribution in [1.29, 1.82) is 0 Å². The molecule has 15 heavy (non-hydrogen) atoms. The molecule has 2 rings (SSSR count). The summed E-state index contributed by atoms with van der Waals surface area (Å²) in [6, 6.07) is 7.88. The Balaban J connectivity index is 2.25. The van der Waals surface area contributed by atoms with E-state index in [0.29, 0.717) is 18.7 Å². The van der Waals surface area contributed by atoms with Crippen LogP contribution < -0.4 is 0 Å². The zero-order chi connectivity index (χ0) is 10.7. The molecule has 0 N–H and O–H groups in total. The summed E-state index contributed by atoms with van der Waals surface area (Å²) in [7, 11) is 0. The normalized spacial score (nSPS) is 14.1. The van der Waals surface area contributed by atoms with Crippen LogP contribution in [-0.4, -0.2) is 18.3 Å². The quantitative estimate of drug-likeness (QED) is 0.691. The van der Waals surface area contributed by atoms with Gasteiger partial charge in [0.15, 0.2) is 0 Å². The molecule has 0 spiro atoms. The molecule has 1 aliphatic rings. The van der Waals surface area contributed by atoms with Gasteiger partial charge in [0.05, 0.1) is 12.3 Å². The molecule has 0 aliphatic carbocycles. The number of hydrogen-bond donors (Lipinski definition) is 0. The maximum Gasteiger partial charge on any atom is 0.352 e. The summed E-state index contributed by atoms with van der Waals surface area (Å²) in [4.78, 5) is 15.8. The fraction of sp³-hybridized carbons (Fsp3) is 0.333. The average Bonchev–Trinajstić information content (AvgIpc) is 2.29.